The van der Waals surface area contributed by atoms with Crippen LogP contribution in [0.25, 0.3) is 0 Å². The Bertz CT molecular complexity index is 116. The van der Waals surface area contributed by atoms with Crippen LogP contribution in [-0.2, 0) is 0 Å². The lowest BCUT2D eigenvalue weighted by Crippen LogP contribution is -2.12. The molecule has 0 fully saturated rings. The van der Waals surface area contributed by atoms with Gasteiger partial charge < -0.3 is 5.32 Å². The van der Waals surface area contributed by atoms with Crippen molar-refractivity contribution in [2.45, 2.75) is 13.8 Å². The van der Waals surface area contributed by atoms with Gasteiger partial charge in [0.2, 0.25) is 0 Å². The Kier molecular flexibility index (Phi) is 5.30. The second kappa shape index (κ2) is 6.03. The van der Waals surface area contributed by atoms with Crippen molar-refractivity contribution in [3.8, 4) is 12.0 Å². The molecular formula is C6H10N2. The van der Waals surface area contributed by atoms with Crippen molar-refractivity contribution < 1.29 is 0 Å². The number of hydrogen-bond donors (Lipinski definition) is 1. The fraction of sp³-hybridized carbons (Fsp3) is 0.500. The highest BCUT2D eigenvalue weighted by atomic mass is 14.9. The van der Waals surface area contributed by atoms with Crippen LogP contribution in [0.5, 0.6) is 0 Å². The van der Waals surface area contributed by atoms with E-state index in [0.717, 1.165) is 6.54 Å². The lowest BCUT2D eigenvalue weighted by atomic mass is 10.6. The van der Waals surface area contributed by atoms with Gasteiger partial charge in [0.1, 0.15) is 0 Å². The average Bonchev–Trinajstić information content (AvgIpc) is 1.96. The summed E-state index contributed by atoms with van der Waals surface area (Å²) in [6, 6.07) is 2.54. The molecule has 1 rings (SSSR count). The van der Waals surface area contributed by atoms with Gasteiger partial charge in [-0.15, -0.1) is 0 Å². The summed E-state index contributed by atoms with van der Waals surface area (Å²) in [5, 5.41) is 2.82. The Labute approximate surface area is 50.0 Å². The molecule has 1 aliphatic rings. The molecule has 0 saturated carbocycles. The van der Waals surface area contributed by atoms with Gasteiger partial charge in [0.15, 0.2) is 0 Å². The number of nitrogens with one attached hydrogen (secondary N) is 1. The van der Waals surface area contributed by atoms with Gasteiger partial charge in [-0.05, 0) is 0 Å². The van der Waals surface area contributed by atoms with Crippen molar-refractivity contribution in [2.24, 2.45) is 4.99 Å². The topological polar surface area (TPSA) is 24.4 Å². The van der Waals surface area contributed by atoms with E-state index in [0.29, 0.717) is 0 Å². The van der Waals surface area contributed by atoms with Crippen LogP contribution >= 0.6 is 0 Å². The van der Waals surface area contributed by atoms with Crippen molar-refractivity contribution in [3.63, 3.8) is 0 Å². The summed E-state index contributed by atoms with van der Waals surface area (Å²) < 4.78 is 0. The van der Waals surface area contributed by atoms with E-state index >= 15 is 0 Å². The molecular weight excluding hydrogens is 100 g/mol. The molecule has 0 radical (unpaired) electrons. The highest BCUT2D eigenvalue weighted by molar-refractivity contribution is 5.58. The quantitative estimate of drug-likeness (QED) is 0.454. The van der Waals surface area contributed by atoms with E-state index in [1.165, 1.54) is 0 Å². The van der Waals surface area contributed by atoms with Crippen LogP contribution in [0.15, 0.2) is 4.99 Å². The van der Waals surface area contributed by atoms with Gasteiger partial charge in [0, 0.05) is 6.04 Å². The second-order valence-corrected chi connectivity index (χ2v) is 0.928. The molecule has 44 valence electrons. The van der Waals surface area contributed by atoms with Gasteiger partial charge >= 0.3 is 0 Å². The summed E-state index contributed by atoms with van der Waals surface area (Å²) in [7, 11) is 0. The molecule has 1 aliphatic heterocycles. The normalized spacial score (nSPS) is 11.8. The van der Waals surface area contributed by atoms with Crippen LogP contribution in [0, 0.1) is 12.0 Å². The van der Waals surface area contributed by atoms with Gasteiger partial charge in [-0.25, -0.2) is 0 Å². The van der Waals surface area contributed by atoms with Crippen molar-refractivity contribution in [1.82, 2.24) is 5.32 Å². The fourth-order valence-corrected chi connectivity index (χ4v) is 0.260. The minimum atomic E-state index is 0.740. The van der Waals surface area contributed by atoms with Crippen LogP contribution in [0.4, 0.5) is 0 Å². The third kappa shape index (κ3) is 3.23. The summed E-state index contributed by atoms with van der Waals surface area (Å²) in [4.78, 5) is 3.58. The zero-order valence-corrected chi connectivity index (χ0v) is 5.23. The standard InChI is InChI=1S/C4H4N2.C2H6/c1-2-5-4-6-3-1;1-2/h4H,2H2,(H,5,6);1-2H3. The average molecular weight is 110 g/mol. The summed E-state index contributed by atoms with van der Waals surface area (Å²) in [5.41, 5.74) is 0. The van der Waals surface area contributed by atoms with E-state index in [-0.39, 0.29) is 0 Å². The first-order chi connectivity index (χ1) is 4.00. The van der Waals surface area contributed by atoms with Crippen LogP contribution in [0.1, 0.15) is 13.8 Å². The van der Waals surface area contributed by atoms with Crippen molar-refractivity contribution in [3.05, 3.63) is 0 Å². The third-order valence-electron chi connectivity index (χ3n) is 0.490. The summed E-state index contributed by atoms with van der Waals surface area (Å²) in [6.07, 6.45) is 1.59. The molecule has 0 bridgehead atoms. The van der Waals surface area contributed by atoms with Crippen molar-refractivity contribution in [1.29, 1.82) is 0 Å². The molecule has 0 amide bonds. The summed E-state index contributed by atoms with van der Waals surface area (Å²) in [5.74, 6) is 2.73. The third-order valence-corrected chi connectivity index (χ3v) is 0.490. The molecule has 0 aliphatic carbocycles. The number of aliphatic imine (C=N–C) groups is 1. The van der Waals surface area contributed by atoms with Gasteiger partial charge in [-0.2, -0.15) is 4.99 Å². The largest absolute Gasteiger partial charge is 0.364 e. The predicted octanol–water partition coefficient (Wildman–Crippen LogP) is 0.605. The Hall–Kier alpha value is -0.970. The van der Waals surface area contributed by atoms with Crippen molar-refractivity contribution in [2.75, 3.05) is 6.54 Å². The monoisotopic (exact) mass is 110 g/mol. The zero-order chi connectivity index (χ0) is 6.24. The zero-order valence-electron chi connectivity index (χ0n) is 5.23. The maximum Gasteiger partial charge on any atom is 0.0995 e. The van der Waals surface area contributed by atoms with E-state index in [9.17, 15) is 0 Å². The maximum atomic E-state index is 3.58. The molecule has 1 N–H and O–H groups in total. The Morgan fingerprint density at radius 1 is 1.62 bits per heavy atom. The number of nitrogens with zero attached hydrogens (tertiary/aromatic N) is 1. The van der Waals surface area contributed by atoms with Crippen LogP contribution in [0.2, 0.25) is 0 Å². The first-order valence-corrected chi connectivity index (χ1v) is 2.73. The van der Waals surface area contributed by atoms with E-state index in [1.807, 2.05) is 13.8 Å². The van der Waals surface area contributed by atoms with Gasteiger partial charge in [0.05, 0.1) is 12.9 Å². The maximum absolute atomic E-state index is 3.58. The minimum Gasteiger partial charge on any atom is -0.364 e. The van der Waals surface area contributed by atoms with Gasteiger partial charge in [-0.3, -0.25) is 0 Å². The van der Waals surface area contributed by atoms with Gasteiger partial charge in [0.25, 0.3) is 0 Å². The SMILES string of the molecule is C1#CN=CNC1.CC. The van der Waals surface area contributed by atoms with E-state index in [4.69, 9.17) is 0 Å². The molecule has 2 nitrogen and oxygen atoms in total. The molecule has 0 aromatic heterocycles. The highest BCUT2D eigenvalue weighted by Crippen LogP contribution is 1.62. The van der Waals surface area contributed by atoms with Crippen molar-refractivity contribution >= 4 is 6.34 Å². The molecule has 2 heteroatoms. The minimum absolute atomic E-state index is 0.740. The van der Waals surface area contributed by atoms with E-state index in [2.05, 4.69) is 22.3 Å². The number of rotatable bonds is 0. The molecule has 1 heterocycles. The first kappa shape index (κ1) is 7.03. The number of hydrogen-bond acceptors (Lipinski definition) is 2. The highest BCUT2D eigenvalue weighted by Gasteiger charge is 1.72. The summed E-state index contributed by atoms with van der Waals surface area (Å²) >= 11 is 0. The molecule has 8 heavy (non-hydrogen) atoms. The molecule has 0 saturated heterocycles. The molecule has 0 unspecified atom stereocenters. The molecule has 0 aromatic rings. The Balaban J connectivity index is 0.000000222. The lowest BCUT2D eigenvalue weighted by Gasteiger charge is -1.88. The second-order valence-electron chi connectivity index (χ2n) is 0.928. The summed E-state index contributed by atoms with van der Waals surface area (Å²) in [6.45, 7) is 4.74. The predicted molar refractivity (Wildman–Crippen MR) is 35.6 cm³/mol. The van der Waals surface area contributed by atoms with Gasteiger partial charge in [-0.1, -0.05) is 19.8 Å². The van der Waals surface area contributed by atoms with E-state index in [1.54, 1.807) is 6.34 Å². The first-order valence-electron chi connectivity index (χ1n) is 2.73. The lowest BCUT2D eigenvalue weighted by molar-refractivity contribution is 1.08. The van der Waals surface area contributed by atoms with E-state index < -0.39 is 0 Å². The van der Waals surface area contributed by atoms with Crippen LogP contribution < -0.4 is 5.32 Å². The fourth-order valence-electron chi connectivity index (χ4n) is 0.260. The smallest absolute Gasteiger partial charge is 0.0995 e. The van der Waals surface area contributed by atoms with Crippen LogP contribution in [0.3, 0.4) is 0 Å². The molecule has 0 atom stereocenters. The Morgan fingerprint density at radius 3 is 2.50 bits per heavy atom. The molecule has 0 aromatic carbocycles. The Morgan fingerprint density at radius 2 is 2.38 bits per heavy atom. The molecule has 0 spiro atoms. The van der Waals surface area contributed by atoms with Crippen LogP contribution in [-0.4, -0.2) is 12.9 Å².